The molecule has 0 radical (unpaired) electrons. The number of anilines is 3. The molecule has 2 heterocycles. The minimum atomic E-state index is 0.843. The van der Waals surface area contributed by atoms with Crippen LogP contribution in [0.3, 0.4) is 0 Å². The average molecular weight is 754 g/mol. The van der Waals surface area contributed by atoms with E-state index < -0.39 is 0 Å². The van der Waals surface area contributed by atoms with E-state index in [0.717, 1.165) is 88.8 Å². The van der Waals surface area contributed by atoms with Gasteiger partial charge in [0.1, 0.15) is 22.3 Å². The largest absolute Gasteiger partial charge is 0.456 e. The van der Waals surface area contributed by atoms with Crippen molar-refractivity contribution in [3.05, 3.63) is 212 Å². The summed E-state index contributed by atoms with van der Waals surface area (Å²) < 4.78 is 13.5. The van der Waals surface area contributed by atoms with E-state index in [0.29, 0.717) is 0 Å². The Bertz CT molecular complexity index is 3540. The van der Waals surface area contributed by atoms with Crippen LogP contribution in [0.5, 0.6) is 0 Å². The molecule has 12 aromatic rings. The average Bonchev–Trinajstić information content (AvgIpc) is 3.88. The molecule has 276 valence electrons. The summed E-state index contributed by atoms with van der Waals surface area (Å²) in [6.07, 6.45) is 0. The van der Waals surface area contributed by atoms with Crippen molar-refractivity contribution >= 4 is 82.5 Å². The van der Waals surface area contributed by atoms with Crippen molar-refractivity contribution in [1.29, 1.82) is 0 Å². The van der Waals surface area contributed by atoms with Gasteiger partial charge < -0.3 is 13.7 Å². The smallest absolute Gasteiger partial charge is 0.145 e. The fraction of sp³-hybridized carbons (Fsp3) is 0. The Morgan fingerprint density at radius 3 is 1.71 bits per heavy atom. The molecule has 0 aliphatic rings. The number of hydrogen-bond donors (Lipinski definition) is 0. The topological polar surface area (TPSA) is 29.5 Å². The number of hydrogen-bond acceptors (Lipinski definition) is 3. The standard InChI is InChI=1S/C56H35NO2/c1-3-11-36(12-4-1)42-25-29-49-53(34-42)59-56-46(38-13-5-2-6-14-38)31-32-51(55(49)56)57(44-28-30-48-47-17-9-10-18-52(47)58-54(48)35-44)43-26-23-37(24-27-43)41-22-21-40-20-19-39-15-7-8-16-45(39)50(40)33-41/h1-35H. The van der Waals surface area contributed by atoms with Crippen LogP contribution in [0.15, 0.2) is 221 Å². The Kier molecular flexibility index (Phi) is 7.54. The second kappa shape index (κ2) is 13.4. The number of furan rings is 2. The summed E-state index contributed by atoms with van der Waals surface area (Å²) >= 11 is 0. The molecule has 10 aromatic carbocycles. The van der Waals surface area contributed by atoms with Crippen LogP contribution in [0.25, 0.3) is 98.8 Å². The number of nitrogens with zero attached hydrogens (tertiary/aromatic N) is 1. The number of para-hydroxylation sites is 1. The molecule has 0 spiro atoms. The highest BCUT2D eigenvalue weighted by Crippen LogP contribution is 2.48. The zero-order chi connectivity index (χ0) is 38.9. The van der Waals surface area contributed by atoms with E-state index >= 15 is 0 Å². The predicted molar refractivity (Wildman–Crippen MR) is 247 cm³/mol. The third kappa shape index (κ3) is 5.51. The van der Waals surface area contributed by atoms with Gasteiger partial charge in [-0.2, -0.15) is 0 Å². The quantitative estimate of drug-likeness (QED) is 0.158. The highest BCUT2D eigenvalue weighted by atomic mass is 16.3. The highest BCUT2D eigenvalue weighted by Gasteiger charge is 2.23. The van der Waals surface area contributed by atoms with Gasteiger partial charge in [0, 0.05) is 39.2 Å². The molecule has 12 rings (SSSR count). The Balaban J connectivity index is 1.07. The van der Waals surface area contributed by atoms with E-state index in [1.54, 1.807) is 0 Å². The fourth-order valence-corrected chi connectivity index (χ4v) is 8.97. The normalized spacial score (nSPS) is 11.7. The molecule has 59 heavy (non-hydrogen) atoms. The lowest BCUT2D eigenvalue weighted by molar-refractivity contribution is 0.669. The maximum atomic E-state index is 6.97. The SMILES string of the molecule is c1ccc(-c2ccc3c(c2)oc2c(-c4ccccc4)ccc(N(c4ccc(-c5ccc6ccc7ccccc7c6c5)cc4)c4ccc5c(c4)oc4ccccc45)c23)cc1. The summed E-state index contributed by atoms with van der Waals surface area (Å²) in [6, 6.07) is 75.7. The summed E-state index contributed by atoms with van der Waals surface area (Å²) in [5.41, 5.74) is 13.2. The van der Waals surface area contributed by atoms with Gasteiger partial charge in [0.05, 0.1) is 11.1 Å². The van der Waals surface area contributed by atoms with Gasteiger partial charge in [-0.1, -0.05) is 146 Å². The molecule has 0 fully saturated rings. The molecular formula is C56H35NO2. The van der Waals surface area contributed by atoms with Crippen molar-refractivity contribution in [1.82, 2.24) is 0 Å². The molecule has 0 amide bonds. The summed E-state index contributed by atoms with van der Waals surface area (Å²) in [5, 5.41) is 9.32. The molecule has 0 unspecified atom stereocenters. The van der Waals surface area contributed by atoms with E-state index in [4.69, 9.17) is 8.83 Å². The molecule has 0 N–H and O–H groups in total. The minimum Gasteiger partial charge on any atom is -0.456 e. The lowest BCUT2D eigenvalue weighted by atomic mass is 9.96. The van der Waals surface area contributed by atoms with Gasteiger partial charge in [0.25, 0.3) is 0 Å². The van der Waals surface area contributed by atoms with Gasteiger partial charge in [-0.05, 0) is 110 Å². The van der Waals surface area contributed by atoms with Crippen molar-refractivity contribution in [2.75, 3.05) is 4.90 Å². The first kappa shape index (κ1) is 33.3. The van der Waals surface area contributed by atoms with E-state index in [1.807, 2.05) is 12.1 Å². The van der Waals surface area contributed by atoms with Crippen LogP contribution in [-0.2, 0) is 0 Å². The van der Waals surface area contributed by atoms with Gasteiger partial charge in [0.2, 0.25) is 0 Å². The fourth-order valence-electron chi connectivity index (χ4n) is 8.97. The third-order valence-corrected chi connectivity index (χ3v) is 11.9. The van der Waals surface area contributed by atoms with Crippen LogP contribution in [0, 0.1) is 0 Å². The highest BCUT2D eigenvalue weighted by molar-refractivity contribution is 6.18. The van der Waals surface area contributed by atoms with Gasteiger partial charge in [0.15, 0.2) is 0 Å². The second-order valence-corrected chi connectivity index (χ2v) is 15.3. The number of benzene rings is 10. The summed E-state index contributed by atoms with van der Waals surface area (Å²) in [5.74, 6) is 0. The van der Waals surface area contributed by atoms with Gasteiger partial charge in [-0.25, -0.2) is 0 Å². The second-order valence-electron chi connectivity index (χ2n) is 15.3. The minimum absolute atomic E-state index is 0.843. The van der Waals surface area contributed by atoms with E-state index in [1.165, 1.54) is 27.1 Å². The van der Waals surface area contributed by atoms with E-state index in [-0.39, 0.29) is 0 Å². The van der Waals surface area contributed by atoms with Crippen molar-refractivity contribution in [3.8, 4) is 33.4 Å². The molecule has 0 saturated heterocycles. The lowest BCUT2D eigenvalue weighted by Crippen LogP contribution is -2.10. The van der Waals surface area contributed by atoms with E-state index in [2.05, 4.69) is 205 Å². The summed E-state index contributed by atoms with van der Waals surface area (Å²) in [6.45, 7) is 0. The maximum Gasteiger partial charge on any atom is 0.145 e. The molecule has 0 saturated carbocycles. The summed E-state index contributed by atoms with van der Waals surface area (Å²) in [7, 11) is 0. The van der Waals surface area contributed by atoms with Crippen LogP contribution in [0.2, 0.25) is 0 Å². The molecule has 0 aliphatic heterocycles. The van der Waals surface area contributed by atoms with Crippen LogP contribution >= 0.6 is 0 Å². The predicted octanol–water partition coefficient (Wildman–Crippen LogP) is 16.3. The molecule has 3 nitrogen and oxygen atoms in total. The van der Waals surface area contributed by atoms with Crippen LogP contribution in [0.1, 0.15) is 0 Å². The molecule has 2 aromatic heterocycles. The van der Waals surface area contributed by atoms with Gasteiger partial charge >= 0.3 is 0 Å². The summed E-state index contributed by atoms with van der Waals surface area (Å²) in [4.78, 5) is 2.35. The first-order chi connectivity index (χ1) is 29.2. The van der Waals surface area contributed by atoms with Crippen LogP contribution in [0.4, 0.5) is 17.1 Å². The molecule has 0 atom stereocenters. The molecule has 3 heteroatoms. The number of rotatable bonds is 6. The lowest BCUT2D eigenvalue weighted by Gasteiger charge is -2.27. The number of fused-ring (bicyclic) bond motifs is 9. The zero-order valence-electron chi connectivity index (χ0n) is 32.0. The Labute approximate surface area is 340 Å². The van der Waals surface area contributed by atoms with Gasteiger partial charge in [-0.3, -0.25) is 0 Å². The first-order valence-corrected chi connectivity index (χ1v) is 20.1. The third-order valence-electron chi connectivity index (χ3n) is 11.9. The van der Waals surface area contributed by atoms with Crippen LogP contribution in [-0.4, -0.2) is 0 Å². The monoisotopic (exact) mass is 753 g/mol. The molecule has 0 bridgehead atoms. The van der Waals surface area contributed by atoms with Crippen molar-refractivity contribution in [2.24, 2.45) is 0 Å². The van der Waals surface area contributed by atoms with Gasteiger partial charge in [-0.15, -0.1) is 0 Å². The van der Waals surface area contributed by atoms with Crippen molar-refractivity contribution < 1.29 is 8.83 Å². The zero-order valence-corrected chi connectivity index (χ0v) is 32.0. The van der Waals surface area contributed by atoms with Crippen LogP contribution < -0.4 is 4.90 Å². The maximum absolute atomic E-state index is 6.97. The van der Waals surface area contributed by atoms with Crippen molar-refractivity contribution in [3.63, 3.8) is 0 Å². The Morgan fingerprint density at radius 2 is 0.881 bits per heavy atom. The first-order valence-electron chi connectivity index (χ1n) is 20.1. The van der Waals surface area contributed by atoms with Crippen molar-refractivity contribution in [2.45, 2.75) is 0 Å². The molecule has 0 aliphatic carbocycles. The Morgan fingerprint density at radius 1 is 0.305 bits per heavy atom. The molecular weight excluding hydrogens is 719 g/mol. The Hall–Kier alpha value is -7.88. The van der Waals surface area contributed by atoms with E-state index in [9.17, 15) is 0 Å².